The summed E-state index contributed by atoms with van der Waals surface area (Å²) in [6, 6.07) is 0. The maximum atomic E-state index is 12.7. The number of carbonyl (C=O) groups excluding carboxylic acids is 1. The van der Waals surface area contributed by atoms with Crippen LogP contribution in [0.25, 0.3) is 0 Å². The summed E-state index contributed by atoms with van der Waals surface area (Å²) in [5, 5.41) is 4.32. The molecule has 6 heteroatoms. The maximum Gasteiger partial charge on any atom is 0.274 e. The van der Waals surface area contributed by atoms with Crippen molar-refractivity contribution in [2.24, 2.45) is 5.92 Å². The Labute approximate surface area is 119 Å². The van der Waals surface area contributed by atoms with Crippen molar-refractivity contribution in [1.29, 1.82) is 0 Å². The van der Waals surface area contributed by atoms with Crippen LogP contribution >= 0.6 is 0 Å². The van der Waals surface area contributed by atoms with Crippen molar-refractivity contribution in [2.75, 3.05) is 32.5 Å². The smallest absolute Gasteiger partial charge is 0.274 e. The average molecular weight is 280 g/mol. The molecule has 20 heavy (non-hydrogen) atoms. The summed E-state index contributed by atoms with van der Waals surface area (Å²) in [7, 11) is 1.70. The maximum absolute atomic E-state index is 12.7. The van der Waals surface area contributed by atoms with Crippen LogP contribution in [-0.2, 0) is 11.3 Å². The highest BCUT2D eigenvalue weighted by Gasteiger charge is 2.28. The van der Waals surface area contributed by atoms with Gasteiger partial charge in [-0.3, -0.25) is 9.48 Å². The summed E-state index contributed by atoms with van der Waals surface area (Å²) in [5.74, 6) is 0.406. The molecule has 1 aromatic heterocycles. The minimum Gasteiger partial charge on any atom is -0.395 e. The van der Waals surface area contributed by atoms with E-state index in [1.807, 2.05) is 18.7 Å². The molecule has 1 aliphatic rings. The van der Waals surface area contributed by atoms with Crippen molar-refractivity contribution in [1.82, 2.24) is 14.7 Å². The number of ether oxygens (including phenoxy) is 1. The van der Waals surface area contributed by atoms with Crippen molar-refractivity contribution in [2.45, 2.75) is 33.2 Å². The van der Waals surface area contributed by atoms with E-state index in [2.05, 4.69) is 5.10 Å². The summed E-state index contributed by atoms with van der Waals surface area (Å²) >= 11 is 0. The molecule has 2 heterocycles. The second-order valence-electron chi connectivity index (χ2n) is 5.38. The van der Waals surface area contributed by atoms with Gasteiger partial charge in [0.05, 0.1) is 18.0 Å². The Morgan fingerprint density at radius 2 is 2.30 bits per heavy atom. The van der Waals surface area contributed by atoms with Crippen molar-refractivity contribution < 1.29 is 9.53 Å². The van der Waals surface area contributed by atoms with E-state index in [4.69, 9.17) is 10.5 Å². The monoisotopic (exact) mass is 280 g/mol. The van der Waals surface area contributed by atoms with Gasteiger partial charge < -0.3 is 15.4 Å². The Kier molecular flexibility index (Phi) is 4.65. The fourth-order valence-electron chi connectivity index (χ4n) is 2.82. The van der Waals surface area contributed by atoms with Crippen LogP contribution < -0.4 is 5.73 Å². The molecule has 0 radical (unpaired) electrons. The van der Waals surface area contributed by atoms with Gasteiger partial charge in [0.15, 0.2) is 0 Å². The van der Waals surface area contributed by atoms with Crippen molar-refractivity contribution in [3.05, 3.63) is 11.4 Å². The van der Waals surface area contributed by atoms with Gasteiger partial charge in [0.25, 0.3) is 5.91 Å². The molecule has 0 saturated carbocycles. The number of anilines is 1. The van der Waals surface area contributed by atoms with Crippen LogP contribution in [0.4, 0.5) is 5.69 Å². The highest BCUT2D eigenvalue weighted by atomic mass is 16.5. The lowest BCUT2D eigenvalue weighted by Gasteiger charge is -2.32. The van der Waals surface area contributed by atoms with Crippen LogP contribution in [-0.4, -0.2) is 47.4 Å². The Morgan fingerprint density at radius 1 is 1.55 bits per heavy atom. The van der Waals surface area contributed by atoms with E-state index >= 15 is 0 Å². The molecule has 0 spiro atoms. The number of aryl methyl sites for hydroxylation is 2. The number of nitrogen functional groups attached to an aromatic ring is 1. The first-order valence-electron chi connectivity index (χ1n) is 7.19. The van der Waals surface area contributed by atoms with Crippen LogP contribution in [0.3, 0.4) is 0 Å². The zero-order valence-electron chi connectivity index (χ0n) is 12.6. The Bertz CT molecular complexity index is 482. The minimum atomic E-state index is -0.00856. The van der Waals surface area contributed by atoms with Crippen molar-refractivity contribution >= 4 is 11.6 Å². The number of likely N-dealkylation sites (tertiary alicyclic amines) is 1. The SMILES string of the molecule is CCn1nc(C)c(N)c1C(=O)N1CCCC(COC)C1. The molecule has 1 atom stereocenters. The standard InChI is InChI=1S/C14H24N4O2/c1-4-18-13(12(15)10(2)16-18)14(19)17-7-5-6-11(8-17)9-20-3/h11H,4-9,15H2,1-3H3. The number of methoxy groups -OCH3 is 1. The molecule has 1 fully saturated rings. The van der Waals surface area contributed by atoms with Crippen LogP contribution in [0.5, 0.6) is 0 Å². The first-order chi connectivity index (χ1) is 9.58. The summed E-state index contributed by atoms with van der Waals surface area (Å²) < 4.78 is 6.91. The van der Waals surface area contributed by atoms with Gasteiger partial charge in [-0.2, -0.15) is 5.10 Å². The Hall–Kier alpha value is -1.56. The molecule has 1 unspecified atom stereocenters. The molecule has 6 nitrogen and oxygen atoms in total. The first-order valence-corrected chi connectivity index (χ1v) is 7.19. The van der Waals surface area contributed by atoms with Gasteiger partial charge in [0.1, 0.15) is 5.69 Å². The Balaban J connectivity index is 2.18. The normalized spacial score (nSPS) is 19.4. The highest BCUT2D eigenvalue weighted by molar-refractivity contribution is 5.98. The third-order valence-corrected chi connectivity index (χ3v) is 3.88. The van der Waals surface area contributed by atoms with E-state index in [1.54, 1.807) is 11.8 Å². The third kappa shape index (κ3) is 2.80. The lowest BCUT2D eigenvalue weighted by Crippen LogP contribution is -2.42. The average Bonchev–Trinajstić information content (AvgIpc) is 2.74. The Morgan fingerprint density at radius 3 is 2.95 bits per heavy atom. The number of nitrogens with two attached hydrogens (primary N) is 1. The minimum absolute atomic E-state index is 0.00856. The van der Waals surface area contributed by atoms with Crippen LogP contribution in [0, 0.1) is 12.8 Å². The van der Waals surface area contributed by atoms with Gasteiger partial charge in [-0.1, -0.05) is 0 Å². The molecule has 112 valence electrons. The van der Waals surface area contributed by atoms with Crippen LogP contribution in [0.1, 0.15) is 35.9 Å². The van der Waals surface area contributed by atoms with E-state index in [-0.39, 0.29) is 5.91 Å². The molecule has 2 N–H and O–H groups in total. The van der Waals surface area contributed by atoms with E-state index in [9.17, 15) is 4.79 Å². The molecule has 1 aromatic rings. The molecular formula is C14H24N4O2. The van der Waals surface area contributed by atoms with Gasteiger partial charge in [-0.25, -0.2) is 0 Å². The van der Waals surface area contributed by atoms with Gasteiger partial charge in [0.2, 0.25) is 0 Å². The molecule has 0 bridgehead atoms. The van der Waals surface area contributed by atoms with E-state index in [1.165, 1.54) is 0 Å². The van der Waals surface area contributed by atoms with Gasteiger partial charge in [-0.05, 0) is 32.6 Å². The number of piperidine rings is 1. The largest absolute Gasteiger partial charge is 0.395 e. The fraction of sp³-hybridized carbons (Fsp3) is 0.714. The third-order valence-electron chi connectivity index (χ3n) is 3.88. The van der Waals surface area contributed by atoms with Crippen molar-refractivity contribution in [3.63, 3.8) is 0 Å². The van der Waals surface area contributed by atoms with Gasteiger partial charge in [0, 0.05) is 26.7 Å². The second-order valence-corrected chi connectivity index (χ2v) is 5.38. The van der Waals surface area contributed by atoms with Crippen LogP contribution in [0.15, 0.2) is 0 Å². The molecular weight excluding hydrogens is 256 g/mol. The number of hydrogen-bond acceptors (Lipinski definition) is 4. The fourth-order valence-corrected chi connectivity index (χ4v) is 2.82. The summed E-state index contributed by atoms with van der Waals surface area (Å²) in [5.41, 5.74) is 7.78. The number of nitrogens with zero attached hydrogens (tertiary/aromatic N) is 3. The van der Waals surface area contributed by atoms with Crippen molar-refractivity contribution in [3.8, 4) is 0 Å². The van der Waals surface area contributed by atoms with Gasteiger partial charge in [-0.15, -0.1) is 0 Å². The zero-order valence-corrected chi connectivity index (χ0v) is 12.6. The number of hydrogen-bond donors (Lipinski definition) is 1. The van der Waals surface area contributed by atoms with Crippen LogP contribution in [0.2, 0.25) is 0 Å². The molecule has 1 saturated heterocycles. The lowest BCUT2D eigenvalue weighted by molar-refractivity contribution is 0.0561. The van der Waals surface area contributed by atoms with E-state index < -0.39 is 0 Å². The predicted molar refractivity (Wildman–Crippen MR) is 77.6 cm³/mol. The molecule has 1 amide bonds. The van der Waals surface area contributed by atoms with E-state index in [0.717, 1.165) is 31.6 Å². The number of amides is 1. The molecule has 2 rings (SSSR count). The highest BCUT2D eigenvalue weighted by Crippen LogP contribution is 2.23. The second kappa shape index (κ2) is 6.26. The summed E-state index contributed by atoms with van der Waals surface area (Å²) in [4.78, 5) is 14.6. The summed E-state index contributed by atoms with van der Waals surface area (Å²) in [6.45, 7) is 6.67. The molecule has 0 aromatic carbocycles. The van der Waals surface area contributed by atoms with Gasteiger partial charge >= 0.3 is 0 Å². The quantitative estimate of drug-likeness (QED) is 0.902. The summed E-state index contributed by atoms with van der Waals surface area (Å²) in [6.07, 6.45) is 2.12. The number of rotatable bonds is 4. The number of aromatic nitrogens is 2. The predicted octanol–water partition coefficient (Wildman–Crippen LogP) is 1.29. The topological polar surface area (TPSA) is 73.4 Å². The first kappa shape index (κ1) is 14.8. The number of carbonyl (C=O) groups is 1. The van der Waals surface area contributed by atoms with E-state index in [0.29, 0.717) is 30.5 Å². The zero-order chi connectivity index (χ0) is 14.7. The molecule has 1 aliphatic heterocycles. The molecule has 0 aliphatic carbocycles. The lowest BCUT2D eigenvalue weighted by atomic mass is 9.98.